The molecule has 0 bridgehead atoms. The molecule has 2 aromatic carbocycles. The first-order valence-electron chi connectivity index (χ1n) is 6.10. The minimum absolute atomic E-state index is 0.430. The lowest BCUT2D eigenvalue weighted by Crippen LogP contribution is -2.17. The molecular formula is C15H14O3S. The van der Waals surface area contributed by atoms with E-state index in [1.54, 1.807) is 0 Å². The van der Waals surface area contributed by atoms with Crippen molar-refractivity contribution >= 4 is 10.1 Å². The van der Waals surface area contributed by atoms with Gasteiger partial charge in [-0.25, -0.2) is 0 Å². The van der Waals surface area contributed by atoms with E-state index in [1.165, 1.54) is 0 Å². The summed E-state index contributed by atoms with van der Waals surface area (Å²) in [7, 11) is -3.47. The molecule has 0 spiro atoms. The van der Waals surface area contributed by atoms with Crippen LogP contribution in [0.3, 0.4) is 0 Å². The maximum Gasteiger partial charge on any atom is 0.264 e. The Hall–Kier alpha value is -1.65. The largest absolute Gasteiger partial charge is 0.264 e. The lowest BCUT2D eigenvalue weighted by atomic mass is 9.84. The molecule has 0 amide bonds. The summed E-state index contributed by atoms with van der Waals surface area (Å²) in [6.45, 7) is 0. The van der Waals surface area contributed by atoms with Crippen molar-refractivity contribution in [2.24, 2.45) is 0 Å². The summed E-state index contributed by atoms with van der Waals surface area (Å²) in [5.74, 6) is 0. The SMILES string of the molecule is CS(=O)(=O)OC1Cc2ccccc2-c2ccccc21. The summed E-state index contributed by atoms with van der Waals surface area (Å²) < 4.78 is 28.0. The van der Waals surface area contributed by atoms with E-state index in [0.29, 0.717) is 6.42 Å². The Morgan fingerprint density at radius 3 is 2.37 bits per heavy atom. The van der Waals surface area contributed by atoms with E-state index in [0.717, 1.165) is 28.5 Å². The van der Waals surface area contributed by atoms with Crippen LogP contribution in [0.4, 0.5) is 0 Å². The van der Waals surface area contributed by atoms with Crippen LogP contribution in [0, 0.1) is 0 Å². The third-order valence-corrected chi connectivity index (χ3v) is 3.89. The summed E-state index contributed by atoms with van der Waals surface area (Å²) in [6, 6.07) is 15.8. The lowest BCUT2D eigenvalue weighted by molar-refractivity contribution is 0.215. The smallest absolute Gasteiger partial charge is 0.262 e. The number of hydrogen-bond acceptors (Lipinski definition) is 3. The molecule has 1 unspecified atom stereocenters. The predicted molar refractivity (Wildman–Crippen MR) is 74.3 cm³/mol. The van der Waals surface area contributed by atoms with E-state index in [-0.39, 0.29) is 0 Å². The van der Waals surface area contributed by atoms with Crippen molar-refractivity contribution in [1.82, 2.24) is 0 Å². The number of benzene rings is 2. The van der Waals surface area contributed by atoms with Crippen molar-refractivity contribution in [2.45, 2.75) is 12.5 Å². The normalized spacial score (nSPS) is 17.6. The number of hydrogen-bond donors (Lipinski definition) is 0. The standard InChI is InChI=1S/C15H14O3S/c1-19(16,17)18-15-10-11-6-2-3-7-12(11)13-8-4-5-9-14(13)15/h2-9,15H,10H2,1H3. The minimum Gasteiger partial charge on any atom is -0.262 e. The maximum absolute atomic E-state index is 11.4. The van der Waals surface area contributed by atoms with Gasteiger partial charge >= 0.3 is 0 Å². The first-order valence-corrected chi connectivity index (χ1v) is 7.92. The molecule has 0 aromatic heterocycles. The first-order chi connectivity index (χ1) is 9.04. The topological polar surface area (TPSA) is 43.4 Å². The van der Waals surface area contributed by atoms with E-state index >= 15 is 0 Å². The van der Waals surface area contributed by atoms with Gasteiger partial charge in [-0.1, -0.05) is 48.5 Å². The van der Waals surface area contributed by atoms with Gasteiger partial charge in [0.05, 0.1) is 6.26 Å². The minimum atomic E-state index is -3.47. The summed E-state index contributed by atoms with van der Waals surface area (Å²) >= 11 is 0. The monoisotopic (exact) mass is 274 g/mol. The molecule has 1 atom stereocenters. The molecule has 0 radical (unpaired) electrons. The maximum atomic E-state index is 11.4. The van der Waals surface area contributed by atoms with Crippen LogP contribution in [-0.4, -0.2) is 14.7 Å². The van der Waals surface area contributed by atoms with E-state index in [4.69, 9.17) is 4.18 Å². The molecule has 0 saturated heterocycles. The van der Waals surface area contributed by atoms with Crippen LogP contribution in [-0.2, 0) is 20.7 Å². The summed E-state index contributed by atoms with van der Waals surface area (Å²) in [5.41, 5.74) is 4.27. The van der Waals surface area contributed by atoms with Crippen LogP contribution in [0.1, 0.15) is 17.2 Å². The van der Waals surface area contributed by atoms with E-state index in [2.05, 4.69) is 6.07 Å². The van der Waals surface area contributed by atoms with Gasteiger partial charge < -0.3 is 0 Å². The molecule has 0 aliphatic heterocycles. The highest BCUT2D eigenvalue weighted by Crippen LogP contribution is 2.40. The Morgan fingerprint density at radius 1 is 1.00 bits per heavy atom. The fraction of sp³-hybridized carbons (Fsp3) is 0.200. The molecule has 0 fully saturated rings. The molecule has 0 saturated carbocycles. The Balaban J connectivity index is 2.14. The zero-order valence-corrected chi connectivity index (χ0v) is 11.4. The van der Waals surface area contributed by atoms with E-state index in [9.17, 15) is 8.42 Å². The van der Waals surface area contributed by atoms with Crippen molar-refractivity contribution in [2.75, 3.05) is 6.26 Å². The second-order valence-corrected chi connectivity index (χ2v) is 6.34. The van der Waals surface area contributed by atoms with Crippen molar-refractivity contribution in [3.05, 3.63) is 59.7 Å². The number of fused-ring (bicyclic) bond motifs is 3. The highest BCUT2D eigenvalue weighted by Gasteiger charge is 2.27. The Kier molecular flexibility index (Phi) is 2.92. The Bertz CT molecular complexity index is 720. The fourth-order valence-electron chi connectivity index (χ4n) is 2.59. The molecule has 98 valence electrons. The Morgan fingerprint density at radius 2 is 1.63 bits per heavy atom. The highest BCUT2D eigenvalue weighted by molar-refractivity contribution is 7.86. The second-order valence-electron chi connectivity index (χ2n) is 4.74. The molecule has 3 rings (SSSR count). The van der Waals surface area contributed by atoms with Crippen LogP contribution < -0.4 is 0 Å². The van der Waals surface area contributed by atoms with Gasteiger partial charge in [-0.3, -0.25) is 4.18 Å². The average Bonchev–Trinajstić information content (AvgIpc) is 2.37. The van der Waals surface area contributed by atoms with Gasteiger partial charge in [0.2, 0.25) is 0 Å². The van der Waals surface area contributed by atoms with Crippen LogP contribution in [0.25, 0.3) is 11.1 Å². The molecule has 1 aliphatic rings. The average molecular weight is 274 g/mol. The second kappa shape index (κ2) is 4.47. The lowest BCUT2D eigenvalue weighted by Gasteiger charge is -2.26. The summed E-state index contributed by atoms with van der Waals surface area (Å²) in [4.78, 5) is 0. The molecule has 1 aliphatic carbocycles. The van der Waals surface area contributed by atoms with E-state index < -0.39 is 16.2 Å². The van der Waals surface area contributed by atoms with Crippen molar-refractivity contribution in [1.29, 1.82) is 0 Å². The Labute approximate surface area is 113 Å². The van der Waals surface area contributed by atoms with Gasteiger partial charge in [0.15, 0.2) is 0 Å². The molecular weight excluding hydrogens is 260 g/mol. The van der Waals surface area contributed by atoms with Crippen molar-refractivity contribution in [3.63, 3.8) is 0 Å². The molecule has 0 N–H and O–H groups in total. The van der Waals surface area contributed by atoms with Gasteiger partial charge in [-0.05, 0) is 22.3 Å². The zero-order chi connectivity index (χ0) is 13.5. The van der Waals surface area contributed by atoms with Gasteiger partial charge in [-0.2, -0.15) is 8.42 Å². The molecule has 2 aromatic rings. The van der Waals surface area contributed by atoms with Crippen LogP contribution in [0.5, 0.6) is 0 Å². The third-order valence-electron chi connectivity index (χ3n) is 3.31. The summed E-state index contributed by atoms with van der Waals surface area (Å²) in [6.07, 6.45) is 1.25. The fourth-order valence-corrected chi connectivity index (χ4v) is 3.18. The van der Waals surface area contributed by atoms with Crippen molar-refractivity contribution < 1.29 is 12.6 Å². The molecule has 3 nitrogen and oxygen atoms in total. The quantitative estimate of drug-likeness (QED) is 0.791. The molecule has 0 heterocycles. The van der Waals surface area contributed by atoms with Crippen LogP contribution in [0.2, 0.25) is 0 Å². The van der Waals surface area contributed by atoms with Gasteiger partial charge in [-0.15, -0.1) is 0 Å². The van der Waals surface area contributed by atoms with Crippen LogP contribution >= 0.6 is 0 Å². The zero-order valence-electron chi connectivity index (χ0n) is 10.5. The molecule has 4 heteroatoms. The van der Waals surface area contributed by atoms with Crippen molar-refractivity contribution in [3.8, 4) is 11.1 Å². The number of rotatable bonds is 2. The predicted octanol–water partition coefficient (Wildman–Crippen LogP) is 2.93. The van der Waals surface area contributed by atoms with Gasteiger partial charge in [0.25, 0.3) is 10.1 Å². The highest BCUT2D eigenvalue weighted by atomic mass is 32.2. The summed E-state index contributed by atoms with van der Waals surface area (Å²) in [5, 5.41) is 0. The first kappa shape index (κ1) is 12.4. The third kappa shape index (κ3) is 2.41. The van der Waals surface area contributed by atoms with Crippen LogP contribution in [0.15, 0.2) is 48.5 Å². The van der Waals surface area contributed by atoms with Gasteiger partial charge in [0, 0.05) is 6.42 Å². The van der Waals surface area contributed by atoms with Gasteiger partial charge in [0.1, 0.15) is 6.10 Å². The van der Waals surface area contributed by atoms with E-state index in [1.807, 2.05) is 42.5 Å². The molecule has 19 heavy (non-hydrogen) atoms.